The van der Waals surface area contributed by atoms with E-state index in [0.29, 0.717) is 12.6 Å². The van der Waals surface area contributed by atoms with Crippen LogP contribution in [0, 0.1) is 11.3 Å². The van der Waals surface area contributed by atoms with E-state index < -0.39 is 0 Å². The standard InChI is InChI=1S/C10H18N2O2/c1-9(3-5-13-2)12-4-6-14-10(7-11)8-12/h9-10H,3-6,8H2,1-2H3. The van der Waals surface area contributed by atoms with Crippen LogP contribution >= 0.6 is 0 Å². The fourth-order valence-electron chi connectivity index (χ4n) is 1.62. The molecular formula is C10H18N2O2. The Hall–Kier alpha value is -0.630. The van der Waals surface area contributed by atoms with Crippen LogP contribution in [0.4, 0.5) is 0 Å². The fourth-order valence-corrected chi connectivity index (χ4v) is 1.62. The molecule has 1 aliphatic heterocycles. The van der Waals surface area contributed by atoms with Gasteiger partial charge in [0.05, 0.1) is 12.7 Å². The van der Waals surface area contributed by atoms with Crippen LogP contribution in [0.25, 0.3) is 0 Å². The monoisotopic (exact) mass is 198 g/mol. The first kappa shape index (κ1) is 11.4. The summed E-state index contributed by atoms with van der Waals surface area (Å²) in [5.41, 5.74) is 0. The number of ether oxygens (including phenoxy) is 2. The highest BCUT2D eigenvalue weighted by atomic mass is 16.5. The molecule has 80 valence electrons. The second kappa shape index (κ2) is 5.97. The molecule has 2 unspecified atom stereocenters. The Kier molecular flexibility index (Phi) is 4.88. The molecule has 0 radical (unpaired) electrons. The molecule has 0 saturated carbocycles. The van der Waals surface area contributed by atoms with Gasteiger partial charge in [0.2, 0.25) is 0 Å². The van der Waals surface area contributed by atoms with Crippen LogP contribution in [0.1, 0.15) is 13.3 Å². The SMILES string of the molecule is COCCC(C)N1CCOC(C#N)C1. The molecule has 0 amide bonds. The Labute approximate surface area is 85.4 Å². The normalized spacial score (nSPS) is 25.6. The van der Waals surface area contributed by atoms with Gasteiger partial charge in [-0.3, -0.25) is 4.90 Å². The van der Waals surface area contributed by atoms with E-state index in [1.165, 1.54) is 0 Å². The third kappa shape index (κ3) is 3.26. The highest BCUT2D eigenvalue weighted by molar-refractivity contribution is 4.90. The Bertz CT molecular complexity index is 203. The van der Waals surface area contributed by atoms with Gasteiger partial charge in [-0.25, -0.2) is 0 Å². The van der Waals surface area contributed by atoms with Crippen LogP contribution in [0.2, 0.25) is 0 Å². The van der Waals surface area contributed by atoms with Crippen LogP contribution < -0.4 is 0 Å². The molecule has 14 heavy (non-hydrogen) atoms. The van der Waals surface area contributed by atoms with E-state index in [4.69, 9.17) is 14.7 Å². The van der Waals surface area contributed by atoms with Crippen LogP contribution in [0.15, 0.2) is 0 Å². The molecule has 1 rings (SSSR count). The van der Waals surface area contributed by atoms with Gasteiger partial charge in [0.25, 0.3) is 0 Å². The third-order valence-corrected chi connectivity index (χ3v) is 2.60. The van der Waals surface area contributed by atoms with Crippen molar-refractivity contribution >= 4 is 0 Å². The number of rotatable bonds is 4. The van der Waals surface area contributed by atoms with Gasteiger partial charge in [0, 0.05) is 32.8 Å². The number of methoxy groups -OCH3 is 1. The minimum atomic E-state index is -0.256. The van der Waals surface area contributed by atoms with E-state index >= 15 is 0 Å². The number of hydrogen-bond donors (Lipinski definition) is 0. The molecule has 4 nitrogen and oxygen atoms in total. The van der Waals surface area contributed by atoms with Gasteiger partial charge >= 0.3 is 0 Å². The minimum absolute atomic E-state index is 0.256. The summed E-state index contributed by atoms with van der Waals surface area (Å²) >= 11 is 0. The lowest BCUT2D eigenvalue weighted by molar-refractivity contribution is -0.0185. The second-order valence-electron chi connectivity index (χ2n) is 3.61. The van der Waals surface area contributed by atoms with Gasteiger partial charge in [-0.1, -0.05) is 0 Å². The maximum Gasteiger partial charge on any atom is 0.156 e. The van der Waals surface area contributed by atoms with Crippen molar-refractivity contribution in [3.05, 3.63) is 0 Å². The second-order valence-corrected chi connectivity index (χ2v) is 3.61. The minimum Gasteiger partial charge on any atom is -0.385 e. The summed E-state index contributed by atoms with van der Waals surface area (Å²) in [6.07, 6.45) is 0.753. The summed E-state index contributed by atoms with van der Waals surface area (Å²) in [5.74, 6) is 0. The summed E-state index contributed by atoms with van der Waals surface area (Å²) in [7, 11) is 1.71. The van der Waals surface area contributed by atoms with Crippen LogP contribution in [-0.4, -0.2) is 50.5 Å². The topological polar surface area (TPSA) is 45.5 Å². The Morgan fingerprint density at radius 3 is 3.14 bits per heavy atom. The summed E-state index contributed by atoms with van der Waals surface area (Å²) in [5, 5.41) is 8.74. The van der Waals surface area contributed by atoms with Crippen molar-refractivity contribution in [3.8, 4) is 6.07 Å². The molecule has 2 atom stereocenters. The maximum atomic E-state index is 8.74. The molecule has 0 aromatic carbocycles. The Balaban J connectivity index is 2.32. The smallest absolute Gasteiger partial charge is 0.156 e. The van der Waals surface area contributed by atoms with E-state index in [9.17, 15) is 0 Å². The molecule has 1 aliphatic rings. The average Bonchev–Trinajstić information content (AvgIpc) is 2.26. The summed E-state index contributed by atoms with van der Waals surface area (Å²) in [6, 6.07) is 2.62. The van der Waals surface area contributed by atoms with E-state index in [-0.39, 0.29) is 6.10 Å². The van der Waals surface area contributed by atoms with Gasteiger partial charge in [-0.2, -0.15) is 5.26 Å². The third-order valence-electron chi connectivity index (χ3n) is 2.60. The average molecular weight is 198 g/mol. The highest BCUT2D eigenvalue weighted by Gasteiger charge is 2.23. The summed E-state index contributed by atoms with van der Waals surface area (Å²) < 4.78 is 10.3. The zero-order valence-electron chi connectivity index (χ0n) is 8.90. The van der Waals surface area contributed by atoms with Crippen LogP contribution in [0.5, 0.6) is 0 Å². The van der Waals surface area contributed by atoms with Gasteiger partial charge < -0.3 is 9.47 Å². The molecule has 1 heterocycles. The van der Waals surface area contributed by atoms with Gasteiger partial charge in [-0.05, 0) is 13.3 Å². The van der Waals surface area contributed by atoms with Gasteiger partial charge in [0.15, 0.2) is 6.10 Å². The predicted octanol–water partition coefficient (Wildman–Crippen LogP) is 0.636. The molecule has 0 aliphatic carbocycles. The van der Waals surface area contributed by atoms with Gasteiger partial charge in [0.1, 0.15) is 0 Å². The van der Waals surface area contributed by atoms with Crippen molar-refractivity contribution in [1.82, 2.24) is 4.90 Å². The molecule has 4 heteroatoms. The summed E-state index contributed by atoms with van der Waals surface area (Å²) in [6.45, 7) is 5.24. The maximum absolute atomic E-state index is 8.74. The van der Waals surface area contributed by atoms with Gasteiger partial charge in [-0.15, -0.1) is 0 Å². The number of nitrogens with zero attached hydrogens (tertiary/aromatic N) is 2. The zero-order valence-corrected chi connectivity index (χ0v) is 8.90. The quantitative estimate of drug-likeness (QED) is 0.665. The lowest BCUT2D eigenvalue weighted by Gasteiger charge is -2.34. The predicted molar refractivity (Wildman–Crippen MR) is 52.9 cm³/mol. The molecule has 0 N–H and O–H groups in total. The molecule has 0 aromatic rings. The van der Waals surface area contributed by atoms with E-state index in [1.54, 1.807) is 7.11 Å². The van der Waals surface area contributed by atoms with Crippen molar-refractivity contribution in [1.29, 1.82) is 5.26 Å². The van der Waals surface area contributed by atoms with E-state index in [2.05, 4.69) is 17.9 Å². The molecule has 1 saturated heterocycles. The molecule has 0 aromatic heterocycles. The lowest BCUT2D eigenvalue weighted by atomic mass is 10.1. The van der Waals surface area contributed by atoms with Crippen molar-refractivity contribution in [2.75, 3.05) is 33.4 Å². The Morgan fingerprint density at radius 1 is 1.71 bits per heavy atom. The zero-order chi connectivity index (χ0) is 10.4. The number of hydrogen-bond acceptors (Lipinski definition) is 4. The molecule has 0 bridgehead atoms. The van der Waals surface area contributed by atoms with E-state index in [0.717, 1.165) is 26.1 Å². The lowest BCUT2D eigenvalue weighted by Crippen LogP contribution is -2.46. The highest BCUT2D eigenvalue weighted by Crippen LogP contribution is 2.10. The molecular weight excluding hydrogens is 180 g/mol. The van der Waals surface area contributed by atoms with Crippen molar-refractivity contribution < 1.29 is 9.47 Å². The number of nitriles is 1. The van der Waals surface area contributed by atoms with Crippen molar-refractivity contribution in [2.45, 2.75) is 25.5 Å². The van der Waals surface area contributed by atoms with Crippen molar-refractivity contribution in [2.24, 2.45) is 0 Å². The van der Waals surface area contributed by atoms with Crippen molar-refractivity contribution in [3.63, 3.8) is 0 Å². The Morgan fingerprint density at radius 2 is 2.50 bits per heavy atom. The van der Waals surface area contributed by atoms with Crippen LogP contribution in [-0.2, 0) is 9.47 Å². The largest absolute Gasteiger partial charge is 0.385 e. The summed E-state index contributed by atoms with van der Waals surface area (Å²) in [4.78, 5) is 2.29. The first-order valence-electron chi connectivity index (χ1n) is 5.02. The van der Waals surface area contributed by atoms with E-state index in [1.807, 2.05) is 0 Å². The number of morpholine rings is 1. The molecule has 0 spiro atoms. The van der Waals surface area contributed by atoms with Crippen LogP contribution in [0.3, 0.4) is 0 Å². The fraction of sp³-hybridized carbons (Fsp3) is 0.900. The first-order valence-corrected chi connectivity index (χ1v) is 5.02. The molecule has 1 fully saturated rings. The first-order chi connectivity index (χ1) is 6.77.